The highest BCUT2D eigenvalue weighted by molar-refractivity contribution is 6.37. The van der Waals surface area contributed by atoms with Crippen LogP contribution in [0.5, 0.6) is 11.5 Å². The van der Waals surface area contributed by atoms with Crippen molar-refractivity contribution >= 4 is 34.2 Å². The molecular formula is C15H8Cl2O4. The van der Waals surface area contributed by atoms with Crippen molar-refractivity contribution in [2.45, 2.75) is 0 Å². The van der Waals surface area contributed by atoms with E-state index in [1.54, 1.807) is 24.3 Å². The second kappa shape index (κ2) is 4.98. The second-order valence-corrected chi connectivity index (χ2v) is 5.12. The van der Waals surface area contributed by atoms with Crippen molar-refractivity contribution in [2.24, 2.45) is 0 Å². The molecule has 4 nitrogen and oxygen atoms in total. The number of benzene rings is 2. The molecular weight excluding hydrogens is 315 g/mol. The highest BCUT2D eigenvalue weighted by Crippen LogP contribution is 2.42. The lowest BCUT2D eigenvalue weighted by Gasteiger charge is -2.09. The molecule has 0 amide bonds. The Morgan fingerprint density at radius 3 is 2.43 bits per heavy atom. The molecule has 0 bridgehead atoms. The lowest BCUT2D eigenvalue weighted by Crippen LogP contribution is -2.03. The van der Waals surface area contributed by atoms with Gasteiger partial charge in [0.25, 0.3) is 0 Å². The van der Waals surface area contributed by atoms with Crippen LogP contribution in [0.15, 0.2) is 45.6 Å². The molecule has 21 heavy (non-hydrogen) atoms. The second-order valence-electron chi connectivity index (χ2n) is 4.37. The third kappa shape index (κ3) is 2.13. The molecule has 0 atom stereocenters. The molecule has 3 rings (SSSR count). The molecule has 1 heterocycles. The van der Waals surface area contributed by atoms with Crippen LogP contribution in [0, 0.1) is 0 Å². The molecule has 0 saturated heterocycles. The summed E-state index contributed by atoms with van der Waals surface area (Å²) in [6.07, 6.45) is 0. The van der Waals surface area contributed by atoms with Crippen LogP contribution in [0.2, 0.25) is 10.0 Å². The van der Waals surface area contributed by atoms with E-state index in [1.807, 2.05) is 0 Å². The van der Waals surface area contributed by atoms with Gasteiger partial charge in [-0.1, -0.05) is 35.3 Å². The SMILES string of the molecule is O=c1c(Cl)c(-c2ccc(O)c(O)c2Cl)oc2ccccc12. The van der Waals surface area contributed by atoms with Crippen LogP contribution in [0.1, 0.15) is 0 Å². The summed E-state index contributed by atoms with van der Waals surface area (Å²) in [5, 5.41) is 19.2. The number of hydrogen-bond acceptors (Lipinski definition) is 4. The Bertz CT molecular complexity index is 915. The normalized spacial score (nSPS) is 11.0. The minimum Gasteiger partial charge on any atom is -0.504 e. The number of phenolic OH excluding ortho intramolecular Hbond substituents is 2. The van der Waals surface area contributed by atoms with Crippen molar-refractivity contribution in [3.8, 4) is 22.8 Å². The van der Waals surface area contributed by atoms with Crippen LogP contribution < -0.4 is 5.43 Å². The van der Waals surface area contributed by atoms with E-state index < -0.39 is 11.2 Å². The number of para-hydroxylation sites is 1. The van der Waals surface area contributed by atoms with E-state index in [0.717, 1.165) is 0 Å². The first-order valence-electron chi connectivity index (χ1n) is 5.93. The van der Waals surface area contributed by atoms with Crippen LogP contribution in [0.4, 0.5) is 0 Å². The van der Waals surface area contributed by atoms with Gasteiger partial charge in [-0.3, -0.25) is 4.79 Å². The van der Waals surface area contributed by atoms with Crippen LogP contribution in [0.3, 0.4) is 0 Å². The zero-order valence-corrected chi connectivity index (χ0v) is 11.9. The maximum Gasteiger partial charge on any atom is 0.211 e. The number of halogens is 2. The molecule has 0 aliphatic carbocycles. The molecule has 0 radical (unpaired) electrons. The minimum absolute atomic E-state index is 0.0423. The molecule has 2 N–H and O–H groups in total. The molecule has 1 aromatic heterocycles. The topological polar surface area (TPSA) is 70.7 Å². The number of fused-ring (bicyclic) bond motifs is 1. The van der Waals surface area contributed by atoms with Crippen molar-refractivity contribution in [3.63, 3.8) is 0 Å². The first-order valence-corrected chi connectivity index (χ1v) is 6.68. The summed E-state index contributed by atoms with van der Waals surface area (Å²) in [5.74, 6) is -0.829. The zero-order valence-electron chi connectivity index (χ0n) is 10.4. The fourth-order valence-electron chi connectivity index (χ4n) is 2.02. The Morgan fingerprint density at radius 1 is 0.952 bits per heavy atom. The van der Waals surface area contributed by atoms with Gasteiger partial charge in [0.05, 0.1) is 10.4 Å². The first-order chi connectivity index (χ1) is 10.0. The van der Waals surface area contributed by atoms with Gasteiger partial charge in [0, 0.05) is 5.56 Å². The molecule has 3 aromatic rings. The maximum atomic E-state index is 12.2. The van der Waals surface area contributed by atoms with Gasteiger partial charge < -0.3 is 14.6 Å². The summed E-state index contributed by atoms with van der Waals surface area (Å²) < 4.78 is 5.63. The summed E-state index contributed by atoms with van der Waals surface area (Å²) in [5.41, 5.74) is 0.183. The van der Waals surface area contributed by atoms with Gasteiger partial charge in [-0.05, 0) is 24.3 Å². The van der Waals surface area contributed by atoms with Crippen LogP contribution in [0.25, 0.3) is 22.3 Å². The molecule has 0 unspecified atom stereocenters. The Labute approximate surface area is 128 Å². The Morgan fingerprint density at radius 2 is 1.67 bits per heavy atom. The standard InChI is InChI=1S/C15H8Cl2O4/c16-11-8(5-6-9(18)14(11)20)15-12(17)13(19)7-3-1-2-4-10(7)21-15/h1-6,18,20H. The molecule has 6 heteroatoms. The van der Waals surface area contributed by atoms with Crippen molar-refractivity contribution in [2.75, 3.05) is 0 Å². The number of phenols is 2. The Kier molecular flexibility index (Phi) is 3.27. The summed E-state index contributed by atoms with van der Waals surface area (Å²) in [4.78, 5) is 12.2. The van der Waals surface area contributed by atoms with E-state index in [4.69, 9.17) is 27.6 Å². The van der Waals surface area contributed by atoms with Gasteiger partial charge in [0.15, 0.2) is 17.3 Å². The van der Waals surface area contributed by atoms with Gasteiger partial charge in [-0.2, -0.15) is 0 Å². The number of aromatic hydroxyl groups is 2. The lowest BCUT2D eigenvalue weighted by atomic mass is 10.1. The van der Waals surface area contributed by atoms with Crippen LogP contribution in [-0.4, -0.2) is 10.2 Å². The van der Waals surface area contributed by atoms with E-state index in [2.05, 4.69) is 0 Å². The van der Waals surface area contributed by atoms with Crippen molar-refractivity contribution in [1.29, 1.82) is 0 Å². The van der Waals surface area contributed by atoms with E-state index >= 15 is 0 Å². The van der Waals surface area contributed by atoms with E-state index in [0.29, 0.717) is 11.0 Å². The number of rotatable bonds is 1. The molecule has 0 spiro atoms. The van der Waals surface area contributed by atoms with E-state index in [-0.39, 0.29) is 27.1 Å². The quantitative estimate of drug-likeness (QED) is 0.659. The molecule has 0 saturated carbocycles. The number of hydrogen-bond donors (Lipinski definition) is 2. The lowest BCUT2D eigenvalue weighted by molar-refractivity contribution is 0.404. The van der Waals surface area contributed by atoms with Crippen LogP contribution >= 0.6 is 23.2 Å². The van der Waals surface area contributed by atoms with Gasteiger partial charge in [0.2, 0.25) is 5.43 Å². The third-order valence-electron chi connectivity index (χ3n) is 3.08. The molecule has 0 fully saturated rings. The predicted octanol–water partition coefficient (Wildman–Crippen LogP) is 4.18. The Hall–Kier alpha value is -2.17. The highest BCUT2D eigenvalue weighted by Gasteiger charge is 2.19. The van der Waals surface area contributed by atoms with Crippen LogP contribution in [-0.2, 0) is 0 Å². The monoisotopic (exact) mass is 322 g/mol. The largest absolute Gasteiger partial charge is 0.504 e. The molecule has 0 aliphatic rings. The van der Waals surface area contributed by atoms with Crippen molar-refractivity contribution < 1.29 is 14.6 Å². The van der Waals surface area contributed by atoms with Gasteiger partial charge in [0.1, 0.15) is 10.6 Å². The fourth-order valence-corrected chi connectivity index (χ4v) is 2.51. The Balaban J connectivity index is 2.39. The molecule has 106 valence electrons. The summed E-state index contributed by atoms with van der Waals surface area (Å²) in [6.45, 7) is 0. The highest BCUT2D eigenvalue weighted by atomic mass is 35.5. The minimum atomic E-state index is -0.499. The fraction of sp³-hybridized carbons (Fsp3) is 0. The average Bonchev–Trinajstić information content (AvgIpc) is 2.49. The van der Waals surface area contributed by atoms with Crippen molar-refractivity contribution in [3.05, 3.63) is 56.7 Å². The van der Waals surface area contributed by atoms with Crippen molar-refractivity contribution in [1.82, 2.24) is 0 Å². The smallest absolute Gasteiger partial charge is 0.211 e. The zero-order chi connectivity index (χ0) is 15.1. The summed E-state index contributed by atoms with van der Waals surface area (Å²) in [6, 6.07) is 9.31. The van der Waals surface area contributed by atoms with E-state index in [1.165, 1.54) is 12.1 Å². The maximum absolute atomic E-state index is 12.2. The van der Waals surface area contributed by atoms with Gasteiger partial charge >= 0.3 is 0 Å². The van der Waals surface area contributed by atoms with Gasteiger partial charge in [-0.15, -0.1) is 0 Å². The first kappa shape index (κ1) is 13.8. The average molecular weight is 323 g/mol. The third-order valence-corrected chi connectivity index (χ3v) is 3.81. The van der Waals surface area contributed by atoms with Gasteiger partial charge in [-0.25, -0.2) is 0 Å². The van der Waals surface area contributed by atoms with E-state index in [9.17, 15) is 15.0 Å². The molecule has 0 aliphatic heterocycles. The summed E-state index contributed by atoms with van der Waals surface area (Å²) >= 11 is 12.0. The summed E-state index contributed by atoms with van der Waals surface area (Å²) in [7, 11) is 0. The molecule has 2 aromatic carbocycles. The predicted molar refractivity (Wildman–Crippen MR) is 81.3 cm³/mol.